The first kappa shape index (κ1) is 18.3. The molecule has 0 aliphatic rings. The summed E-state index contributed by atoms with van der Waals surface area (Å²) in [5.41, 5.74) is -0.0720. The SMILES string of the molecule is CCCNC(C)(CO)CCCCSCC(C)CC. The van der Waals surface area contributed by atoms with Gasteiger partial charge in [0.2, 0.25) is 0 Å². The molecule has 18 heavy (non-hydrogen) atoms. The lowest BCUT2D eigenvalue weighted by Crippen LogP contribution is -2.46. The zero-order valence-corrected chi connectivity index (χ0v) is 13.6. The van der Waals surface area contributed by atoms with Crippen LogP contribution in [-0.2, 0) is 0 Å². The largest absolute Gasteiger partial charge is 0.394 e. The molecule has 110 valence electrons. The standard InChI is InChI=1S/C15H33NOS/c1-5-10-16-15(4,13-17)9-7-8-11-18-12-14(3)6-2/h14,16-17H,5-13H2,1-4H3. The summed E-state index contributed by atoms with van der Waals surface area (Å²) in [5, 5.41) is 12.9. The Bertz CT molecular complexity index is 189. The minimum atomic E-state index is -0.0720. The Balaban J connectivity index is 3.55. The molecule has 0 heterocycles. The fourth-order valence-electron chi connectivity index (χ4n) is 1.77. The van der Waals surface area contributed by atoms with Gasteiger partial charge >= 0.3 is 0 Å². The molecule has 0 aliphatic heterocycles. The summed E-state index contributed by atoms with van der Waals surface area (Å²) < 4.78 is 0. The Kier molecular flexibility index (Phi) is 11.3. The van der Waals surface area contributed by atoms with Crippen molar-refractivity contribution in [1.29, 1.82) is 0 Å². The van der Waals surface area contributed by atoms with Gasteiger partial charge in [-0.2, -0.15) is 11.8 Å². The highest BCUT2D eigenvalue weighted by Crippen LogP contribution is 2.17. The molecule has 2 N–H and O–H groups in total. The first-order valence-corrected chi connectivity index (χ1v) is 8.67. The molecule has 0 saturated carbocycles. The number of rotatable bonds is 12. The number of hydrogen-bond donors (Lipinski definition) is 2. The van der Waals surface area contributed by atoms with Gasteiger partial charge in [0, 0.05) is 5.54 Å². The van der Waals surface area contributed by atoms with Crippen LogP contribution in [0.2, 0.25) is 0 Å². The first-order valence-electron chi connectivity index (χ1n) is 7.51. The average Bonchev–Trinajstić information content (AvgIpc) is 2.40. The average molecular weight is 276 g/mol. The van der Waals surface area contributed by atoms with Crippen LogP contribution in [0.15, 0.2) is 0 Å². The highest BCUT2D eigenvalue weighted by Gasteiger charge is 2.21. The van der Waals surface area contributed by atoms with Gasteiger partial charge in [0.1, 0.15) is 0 Å². The van der Waals surface area contributed by atoms with E-state index >= 15 is 0 Å². The molecule has 0 aliphatic carbocycles. The lowest BCUT2D eigenvalue weighted by Gasteiger charge is -2.28. The van der Waals surface area contributed by atoms with Gasteiger partial charge in [-0.15, -0.1) is 0 Å². The number of hydrogen-bond acceptors (Lipinski definition) is 3. The summed E-state index contributed by atoms with van der Waals surface area (Å²) in [6.07, 6.45) is 5.97. The summed E-state index contributed by atoms with van der Waals surface area (Å²) >= 11 is 2.08. The van der Waals surface area contributed by atoms with E-state index in [4.69, 9.17) is 0 Å². The van der Waals surface area contributed by atoms with Crippen molar-refractivity contribution in [3.8, 4) is 0 Å². The summed E-state index contributed by atoms with van der Waals surface area (Å²) in [6.45, 7) is 10.1. The third kappa shape index (κ3) is 9.23. The summed E-state index contributed by atoms with van der Waals surface area (Å²) in [7, 11) is 0. The molecular weight excluding hydrogens is 242 g/mol. The van der Waals surface area contributed by atoms with Crippen LogP contribution in [0.4, 0.5) is 0 Å². The van der Waals surface area contributed by atoms with Crippen molar-refractivity contribution >= 4 is 11.8 Å². The molecule has 0 aromatic rings. The molecule has 3 heteroatoms. The van der Waals surface area contributed by atoms with Crippen LogP contribution in [0.3, 0.4) is 0 Å². The molecule has 0 aromatic heterocycles. The smallest absolute Gasteiger partial charge is 0.0610 e. The van der Waals surface area contributed by atoms with E-state index in [1.54, 1.807) is 0 Å². The van der Waals surface area contributed by atoms with Crippen LogP contribution in [0.1, 0.15) is 59.8 Å². The fraction of sp³-hybridized carbons (Fsp3) is 1.00. The molecule has 0 amide bonds. The molecule has 2 unspecified atom stereocenters. The zero-order chi connectivity index (χ0) is 13.9. The number of thioether (sulfide) groups is 1. The van der Waals surface area contributed by atoms with E-state index in [1.165, 1.54) is 30.8 Å². The maximum Gasteiger partial charge on any atom is 0.0610 e. The van der Waals surface area contributed by atoms with E-state index in [9.17, 15) is 5.11 Å². The molecule has 0 aromatic carbocycles. The van der Waals surface area contributed by atoms with Crippen molar-refractivity contribution < 1.29 is 5.11 Å². The van der Waals surface area contributed by atoms with Crippen LogP contribution in [0, 0.1) is 5.92 Å². The van der Waals surface area contributed by atoms with Crippen molar-refractivity contribution in [3.05, 3.63) is 0 Å². The molecular formula is C15H33NOS. The summed E-state index contributed by atoms with van der Waals surface area (Å²) in [6, 6.07) is 0. The zero-order valence-electron chi connectivity index (χ0n) is 12.8. The van der Waals surface area contributed by atoms with Crippen molar-refractivity contribution in [2.45, 2.75) is 65.3 Å². The minimum Gasteiger partial charge on any atom is -0.394 e. The van der Waals surface area contributed by atoms with Crippen LogP contribution >= 0.6 is 11.8 Å². The predicted molar refractivity (Wildman–Crippen MR) is 84.4 cm³/mol. The highest BCUT2D eigenvalue weighted by molar-refractivity contribution is 7.99. The van der Waals surface area contributed by atoms with Gasteiger partial charge in [0.15, 0.2) is 0 Å². The van der Waals surface area contributed by atoms with Gasteiger partial charge in [-0.3, -0.25) is 0 Å². The maximum atomic E-state index is 9.45. The molecule has 0 rings (SSSR count). The lowest BCUT2D eigenvalue weighted by atomic mass is 9.96. The molecule has 2 nitrogen and oxygen atoms in total. The fourth-order valence-corrected chi connectivity index (χ4v) is 2.98. The summed E-state index contributed by atoms with van der Waals surface area (Å²) in [5.74, 6) is 3.41. The van der Waals surface area contributed by atoms with Gasteiger partial charge in [0.05, 0.1) is 6.61 Å². The van der Waals surface area contributed by atoms with Crippen molar-refractivity contribution in [2.24, 2.45) is 5.92 Å². The Morgan fingerprint density at radius 2 is 2.00 bits per heavy atom. The molecule has 0 bridgehead atoms. The number of aliphatic hydroxyl groups is 1. The molecule has 0 fully saturated rings. The Hall–Kier alpha value is 0.270. The second-order valence-electron chi connectivity index (χ2n) is 5.69. The number of nitrogens with one attached hydrogen (secondary N) is 1. The van der Waals surface area contributed by atoms with E-state index in [-0.39, 0.29) is 12.1 Å². The maximum absolute atomic E-state index is 9.45. The van der Waals surface area contributed by atoms with E-state index in [0.29, 0.717) is 0 Å². The minimum absolute atomic E-state index is 0.0720. The topological polar surface area (TPSA) is 32.3 Å². The molecule has 0 radical (unpaired) electrons. The number of unbranched alkanes of at least 4 members (excludes halogenated alkanes) is 1. The van der Waals surface area contributed by atoms with Gasteiger partial charge < -0.3 is 10.4 Å². The molecule has 2 atom stereocenters. The van der Waals surface area contributed by atoms with E-state index in [2.05, 4.69) is 44.8 Å². The van der Waals surface area contributed by atoms with Gasteiger partial charge in [-0.05, 0) is 50.2 Å². The van der Waals surface area contributed by atoms with Crippen LogP contribution < -0.4 is 5.32 Å². The van der Waals surface area contributed by atoms with Gasteiger partial charge in [-0.1, -0.05) is 33.6 Å². The van der Waals surface area contributed by atoms with Crippen LogP contribution in [0.5, 0.6) is 0 Å². The second-order valence-corrected chi connectivity index (χ2v) is 6.84. The third-order valence-electron chi connectivity index (χ3n) is 3.52. The monoisotopic (exact) mass is 275 g/mol. The second kappa shape index (κ2) is 11.1. The van der Waals surface area contributed by atoms with E-state index < -0.39 is 0 Å². The van der Waals surface area contributed by atoms with E-state index in [1.807, 2.05) is 0 Å². The van der Waals surface area contributed by atoms with Crippen LogP contribution in [0.25, 0.3) is 0 Å². The van der Waals surface area contributed by atoms with Gasteiger partial charge in [0.25, 0.3) is 0 Å². The Morgan fingerprint density at radius 1 is 1.28 bits per heavy atom. The van der Waals surface area contributed by atoms with Crippen molar-refractivity contribution in [3.63, 3.8) is 0 Å². The van der Waals surface area contributed by atoms with Crippen molar-refractivity contribution in [2.75, 3.05) is 24.7 Å². The van der Waals surface area contributed by atoms with Gasteiger partial charge in [-0.25, -0.2) is 0 Å². The highest BCUT2D eigenvalue weighted by atomic mass is 32.2. The lowest BCUT2D eigenvalue weighted by molar-refractivity contribution is 0.163. The summed E-state index contributed by atoms with van der Waals surface area (Å²) in [4.78, 5) is 0. The third-order valence-corrected chi connectivity index (χ3v) is 4.90. The van der Waals surface area contributed by atoms with Crippen LogP contribution in [-0.4, -0.2) is 35.3 Å². The first-order chi connectivity index (χ1) is 8.58. The van der Waals surface area contributed by atoms with E-state index in [0.717, 1.165) is 25.3 Å². The Labute approximate surface area is 118 Å². The molecule has 0 spiro atoms. The quantitative estimate of drug-likeness (QED) is 0.533. The normalized spacial score (nSPS) is 16.5. The Morgan fingerprint density at radius 3 is 2.56 bits per heavy atom. The predicted octanol–water partition coefficient (Wildman–Crippen LogP) is 3.69. The molecule has 0 saturated heterocycles. The van der Waals surface area contributed by atoms with Crippen molar-refractivity contribution in [1.82, 2.24) is 5.32 Å². The number of aliphatic hydroxyl groups excluding tert-OH is 1.